The van der Waals surface area contributed by atoms with Crippen molar-refractivity contribution in [2.45, 2.75) is 84.6 Å². The first-order valence-corrected chi connectivity index (χ1v) is 10.4. The minimum absolute atomic E-state index is 0.0980. The van der Waals surface area contributed by atoms with Crippen molar-refractivity contribution in [1.29, 1.82) is 0 Å². The molecule has 5 nitrogen and oxygen atoms in total. The fraction of sp³-hybridized carbons (Fsp3) is 0.652. The largest absolute Gasteiger partial charge is 0.444 e. The molecular weight excluding hydrogens is 354 g/mol. The van der Waals surface area contributed by atoms with Gasteiger partial charge in [-0.2, -0.15) is 0 Å². The molecule has 0 radical (unpaired) electrons. The van der Waals surface area contributed by atoms with Crippen molar-refractivity contribution in [1.82, 2.24) is 4.90 Å². The quantitative estimate of drug-likeness (QED) is 0.520. The van der Waals surface area contributed by atoms with E-state index in [1.807, 2.05) is 51.1 Å². The summed E-state index contributed by atoms with van der Waals surface area (Å²) in [5.41, 5.74) is 0.340. The van der Waals surface area contributed by atoms with E-state index in [0.717, 1.165) is 31.2 Å². The lowest BCUT2D eigenvalue weighted by Gasteiger charge is -2.34. The third kappa shape index (κ3) is 5.06. The summed E-state index contributed by atoms with van der Waals surface area (Å²) in [7, 11) is 0. The van der Waals surface area contributed by atoms with Crippen molar-refractivity contribution in [3.8, 4) is 0 Å². The van der Waals surface area contributed by atoms with E-state index < -0.39 is 29.7 Å². The van der Waals surface area contributed by atoms with Gasteiger partial charge in [0.25, 0.3) is 0 Å². The van der Waals surface area contributed by atoms with Crippen molar-refractivity contribution < 1.29 is 20.4 Å². The number of carbonyl (C=O) groups is 2. The molecule has 1 aromatic carbocycles. The summed E-state index contributed by atoms with van der Waals surface area (Å²) in [4.78, 5) is 27.2. The monoisotopic (exact) mass is 388 g/mol. The maximum atomic E-state index is 13.1. The Kier molecular flexibility index (Phi) is 6.18. The molecule has 0 bridgehead atoms. The molecule has 1 aliphatic carbocycles. The van der Waals surface area contributed by atoms with E-state index in [9.17, 15) is 9.59 Å². The average Bonchev–Trinajstić information content (AvgIpc) is 2.82. The number of benzene rings is 1. The zero-order valence-corrected chi connectivity index (χ0v) is 17.3. The molecule has 2 fully saturated rings. The van der Waals surface area contributed by atoms with Crippen LogP contribution in [-0.2, 0) is 20.9 Å². The predicted octanol–water partition coefficient (Wildman–Crippen LogP) is 5.28. The number of ether oxygens (including phenoxy) is 2. The molecule has 3 rings (SSSR count). The van der Waals surface area contributed by atoms with Gasteiger partial charge in [0, 0.05) is 5.41 Å². The van der Waals surface area contributed by atoms with Crippen LogP contribution in [0.4, 0.5) is 4.79 Å². The van der Waals surface area contributed by atoms with E-state index in [0.29, 0.717) is 6.42 Å². The molecule has 1 aromatic rings. The number of hydrogen-bond acceptors (Lipinski definition) is 4. The lowest BCUT2D eigenvalue weighted by atomic mass is 9.90. The van der Waals surface area contributed by atoms with Crippen LogP contribution in [0.2, 0.25) is 0 Å². The van der Waals surface area contributed by atoms with Gasteiger partial charge in [-0.05, 0) is 17.9 Å². The van der Waals surface area contributed by atoms with E-state index in [4.69, 9.17) is 10.8 Å². The van der Waals surface area contributed by atoms with Crippen molar-refractivity contribution in [3.05, 3.63) is 35.9 Å². The van der Waals surface area contributed by atoms with Crippen LogP contribution in [-0.4, -0.2) is 29.2 Å². The number of carbonyl (C=O) groups excluding carboxylic acids is 2. The molecule has 2 atom stereocenters. The van der Waals surface area contributed by atoms with E-state index in [1.54, 1.807) is 0 Å². The maximum absolute atomic E-state index is 13.1. The van der Waals surface area contributed by atoms with E-state index >= 15 is 0 Å². The van der Waals surface area contributed by atoms with Gasteiger partial charge in [0.05, 0.1) is 1.37 Å². The Balaban J connectivity index is 1.81. The summed E-state index contributed by atoms with van der Waals surface area (Å²) < 4.78 is 20.2. The lowest BCUT2D eigenvalue weighted by Crippen LogP contribution is -2.48. The van der Waals surface area contributed by atoms with Crippen LogP contribution in [0.15, 0.2) is 30.3 Å². The Hall–Kier alpha value is -2.04. The van der Waals surface area contributed by atoms with Gasteiger partial charge in [-0.15, -0.1) is 0 Å². The normalized spacial score (nSPS) is 27.1. The lowest BCUT2D eigenvalue weighted by molar-refractivity contribution is -0.147. The predicted molar refractivity (Wildman–Crippen MR) is 107 cm³/mol. The number of nitrogens with zero attached hydrogens (tertiary/aromatic N) is 1. The second-order valence-corrected chi connectivity index (χ2v) is 9.04. The molecule has 2 aliphatic rings. The number of esters is 1. The summed E-state index contributed by atoms with van der Waals surface area (Å²) in [6.45, 7) is 5.81. The van der Waals surface area contributed by atoms with Gasteiger partial charge in [0.15, 0.2) is 6.23 Å². The Morgan fingerprint density at radius 1 is 1.18 bits per heavy atom. The highest BCUT2D eigenvalue weighted by Gasteiger charge is 2.51. The van der Waals surface area contributed by atoms with Gasteiger partial charge < -0.3 is 9.47 Å². The fourth-order valence-corrected chi connectivity index (χ4v) is 4.04. The van der Waals surface area contributed by atoms with Gasteiger partial charge in [0.1, 0.15) is 12.6 Å². The maximum Gasteiger partial charge on any atom is 0.413 e. The number of hydrogen-bond donors (Lipinski definition) is 0. The standard InChI is InChI=1S/C23H33NO4/c1-23(2,3)21-24(22(26)27-16-18-13-9-6-10-14-18)19(20(25)28-21)15-17-11-7-4-5-8-12-17/h6,9-10,13-14,17,19,21H,4-5,7-8,11-12,15-16H2,1-3H3/t19-,21?/m0/s1/i19D. The molecule has 5 heteroatoms. The van der Waals surface area contributed by atoms with Crippen molar-refractivity contribution in [3.63, 3.8) is 0 Å². The Morgan fingerprint density at radius 3 is 2.43 bits per heavy atom. The van der Waals surface area contributed by atoms with Crippen LogP contribution in [0.1, 0.15) is 72.7 Å². The first-order valence-electron chi connectivity index (χ1n) is 10.9. The second-order valence-electron chi connectivity index (χ2n) is 9.04. The Labute approximate surface area is 169 Å². The highest BCUT2D eigenvalue weighted by Crippen LogP contribution is 2.37. The van der Waals surface area contributed by atoms with Gasteiger partial charge >= 0.3 is 12.1 Å². The molecule has 1 unspecified atom stereocenters. The SMILES string of the molecule is [2H][C@]1(CC2CCCCCC2)C(=O)OC(C(C)(C)C)N1C(=O)OCc1ccccc1. The zero-order chi connectivity index (χ0) is 21.1. The molecule has 1 saturated heterocycles. The minimum Gasteiger partial charge on any atom is -0.444 e. The van der Waals surface area contributed by atoms with Crippen LogP contribution >= 0.6 is 0 Å². The number of rotatable bonds is 4. The van der Waals surface area contributed by atoms with Crippen LogP contribution in [0.25, 0.3) is 0 Å². The average molecular weight is 389 g/mol. The molecule has 1 heterocycles. The Bertz CT molecular complexity index is 709. The number of cyclic esters (lactones) is 1. The summed E-state index contributed by atoms with van der Waals surface area (Å²) in [6.07, 6.45) is 5.40. The summed E-state index contributed by atoms with van der Waals surface area (Å²) >= 11 is 0. The minimum atomic E-state index is -1.74. The first kappa shape index (κ1) is 19.3. The van der Waals surface area contributed by atoms with Crippen molar-refractivity contribution >= 4 is 12.1 Å². The highest BCUT2D eigenvalue weighted by molar-refractivity contribution is 5.84. The first-order chi connectivity index (χ1) is 13.7. The smallest absolute Gasteiger partial charge is 0.413 e. The zero-order valence-electron chi connectivity index (χ0n) is 18.3. The van der Waals surface area contributed by atoms with E-state index in [-0.39, 0.29) is 12.5 Å². The molecule has 0 spiro atoms. The van der Waals surface area contributed by atoms with Crippen LogP contribution in [0.3, 0.4) is 0 Å². The summed E-state index contributed by atoms with van der Waals surface area (Å²) in [6, 6.07) is 7.67. The van der Waals surface area contributed by atoms with Crippen molar-refractivity contribution in [2.75, 3.05) is 0 Å². The molecular formula is C23H33NO4. The molecule has 28 heavy (non-hydrogen) atoms. The molecule has 1 aliphatic heterocycles. The highest BCUT2D eigenvalue weighted by atomic mass is 16.6. The molecule has 154 valence electrons. The second kappa shape index (κ2) is 8.97. The summed E-state index contributed by atoms with van der Waals surface area (Å²) in [5.74, 6) is -0.399. The fourth-order valence-electron chi connectivity index (χ4n) is 4.04. The third-order valence-corrected chi connectivity index (χ3v) is 5.58. The topological polar surface area (TPSA) is 55.8 Å². The van der Waals surface area contributed by atoms with Gasteiger partial charge in [-0.25, -0.2) is 9.59 Å². The van der Waals surface area contributed by atoms with Gasteiger partial charge in [-0.1, -0.05) is 89.6 Å². The molecule has 0 aromatic heterocycles. The van der Waals surface area contributed by atoms with Crippen LogP contribution in [0, 0.1) is 11.3 Å². The van der Waals surface area contributed by atoms with E-state index in [2.05, 4.69) is 0 Å². The molecule has 1 amide bonds. The van der Waals surface area contributed by atoms with Crippen molar-refractivity contribution in [2.24, 2.45) is 11.3 Å². The van der Waals surface area contributed by atoms with Gasteiger partial charge in [0.2, 0.25) is 0 Å². The van der Waals surface area contributed by atoms with Gasteiger partial charge in [-0.3, -0.25) is 4.90 Å². The molecule has 0 N–H and O–H groups in total. The van der Waals surface area contributed by atoms with Crippen LogP contribution in [0.5, 0.6) is 0 Å². The van der Waals surface area contributed by atoms with Crippen LogP contribution < -0.4 is 0 Å². The Morgan fingerprint density at radius 2 is 1.82 bits per heavy atom. The van der Waals surface area contributed by atoms with E-state index in [1.165, 1.54) is 17.7 Å². The molecule has 1 saturated carbocycles. The third-order valence-electron chi connectivity index (χ3n) is 5.58. The number of amides is 1. The summed E-state index contributed by atoms with van der Waals surface area (Å²) in [5, 5.41) is 0.